The fraction of sp³-hybridized carbons (Fsp3) is 0.227. The molecule has 2 aromatic rings. The highest BCUT2D eigenvalue weighted by atomic mass is 19.1. The van der Waals surface area contributed by atoms with Crippen LogP contribution in [-0.4, -0.2) is 23.1 Å². The topological polar surface area (TPSA) is 29.5 Å². The Balaban J connectivity index is 1.89. The second-order valence-electron chi connectivity index (χ2n) is 6.81. The molecule has 0 bridgehead atoms. The monoisotopic (exact) mass is 351 g/mol. The molecular formula is C22H22FNO2. The zero-order valence-electron chi connectivity index (χ0n) is 15.2. The Bertz CT molecular complexity index is 869. The van der Waals surface area contributed by atoms with Crippen LogP contribution in [0.1, 0.15) is 31.9 Å². The zero-order valence-corrected chi connectivity index (χ0v) is 15.2. The van der Waals surface area contributed by atoms with Crippen LogP contribution in [0.5, 0.6) is 0 Å². The predicted molar refractivity (Wildman–Crippen MR) is 101 cm³/mol. The van der Waals surface area contributed by atoms with E-state index in [9.17, 15) is 9.18 Å². The van der Waals surface area contributed by atoms with Gasteiger partial charge in [-0.05, 0) is 32.4 Å². The number of carbonyl (C=O) groups is 1. The van der Waals surface area contributed by atoms with Gasteiger partial charge in [0.25, 0.3) is 5.91 Å². The second kappa shape index (κ2) is 7.16. The first kappa shape index (κ1) is 17.9. The Labute approximate surface area is 153 Å². The third-order valence-corrected chi connectivity index (χ3v) is 4.56. The van der Waals surface area contributed by atoms with Crippen molar-refractivity contribution in [2.75, 3.05) is 6.73 Å². The van der Waals surface area contributed by atoms with Crippen molar-refractivity contribution in [3.63, 3.8) is 0 Å². The maximum absolute atomic E-state index is 13.9. The smallest absolute Gasteiger partial charge is 0.261 e. The van der Waals surface area contributed by atoms with Crippen molar-refractivity contribution in [2.45, 2.75) is 26.3 Å². The lowest BCUT2D eigenvalue weighted by atomic mass is 9.96. The van der Waals surface area contributed by atoms with Crippen LogP contribution in [-0.2, 0) is 9.53 Å². The molecule has 0 unspecified atom stereocenters. The first-order valence-corrected chi connectivity index (χ1v) is 8.55. The minimum atomic E-state index is -0.639. The van der Waals surface area contributed by atoms with Gasteiger partial charge in [0.05, 0.1) is 11.1 Å². The summed E-state index contributed by atoms with van der Waals surface area (Å²) in [6.07, 6.45) is 3.53. The van der Waals surface area contributed by atoms with Gasteiger partial charge in [0.15, 0.2) is 6.73 Å². The maximum atomic E-state index is 13.9. The van der Waals surface area contributed by atoms with Crippen LogP contribution >= 0.6 is 0 Å². The van der Waals surface area contributed by atoms with E-state index in [0.29, 0.717) is 16.9 Å². The Morgan fingerprint density at radius 1 is 1.08 bits per heavy atom. The molecular weight excluding hydrogens is 329 g/mol. The van der Waals surface area contributed by atoms with Gasteiger partial charge >= 0.3 is 0 Å². The van der Waals surface area contributed by atoms with Gasteiger partial charge in [0.1, 0.15) is 11.6 Å². The highest BCUT2D eigenvalue weighted by molar-refractivity contribution is 6.20. The lowest BCUT2D eigenvalue weighted by molar-refractivity contribution is -0.136. The van der Waals surface area contributed by atoms with E-state index < -0.39 is 5.54 Å². The van der Waals surface area contributed by atoms with E-state index in [1.54, 1.807) is 36.1 Å². The van der Waals surface area contributed by atoms with E-state index in [2.05, 4.69) is 0 Å². The van der Waals surface area contributed by atoms with Gasteiger partial charge in [0.2, 0.25) is 0 Å². The van der Waals surface area contributed by atoms with Crippen molar-refractivity contribution in [2.24, 2.45) is 0 Å². The van der Waals surface area contributed by atoms with E-state index in [1.165, 1.54) is 6.07 Å². The minimum absolute atomic E-state index is 0.0943. The summed E-state index contributed by atoms with van der Waals surface area (Å²) >= 11 is 0. The molecule has 2 aromatic carbocycles. The highest BCUT2D eigenvalue weighted by Gasteiger charge is 2.35. The van der Waals surface area contributed by atoms with Crippen molar-refractivity contribution >= 4 is 17.6 Å². The molecule has 4 heteroatoms. The third-order valence-electron chi connectivity index (χ3n) is 4.56. The molecule has 3 nitrogen and oxygen atoms in total. The molecule has 3 rings (SSSR count). The molecule has 1 heterocycles. The summed E-state index contributed by atoms with van der Waals surface area (Å²) in [5, 5.41) is 0. The van der Waals surface area contributed by atoms with E-state index in [-0.39, 0.29) is 18.5 Å². The van der Waals surface area contributed by atoms with Crippen molar-refractivity contribution in [1.82, 2.24) is 4.90 Å². The number of benzene rings is 2. The molecule has 1 aliphatic rings. The van der Waals surface area contributed by atoms with Crippen LogP contribution in [0.15, 0.2) is 66.4 Å². The van der Waals surface area contributed by atoms with Crippen molar-refractivity contribution in [1.29, 1.82) is 0 Å². The molecule has 1 amide bonds. The molecule has 0 saturated carbocycles. The van der Waals surface area contributed by atoms with Gasteiger partial charge < -0.3 is 4.74 Å². The summed E-state index contributed by atoms with van der Waals surface area (Å²) in [5.41, 5.74) is 1.24. The minimum Gasteiger partial charge on any atom is -0.477 e. The van der Waals surface area contributed by atoms with Gasteiger partial charge in [-0.1, -0.05) is 60.7 Å². The summed E-state index contributed by atoms with van der Waals surface area (Å²) in [7, 11) is 0. The summed E-state index contributed by atoms with van der Waals surface area (Å²) in [6.45, 7) is 5.79. The summed E-state index contributed by atoms with van der Waals surface area (Å²) in [4.78, 5) is 14.8. The molecule has 0 radical (unpaired) electrons. The van der Waals surface area contributed by atoms with Gasteiger partial charge in [-0.15, -0.1) is 0 Å². The molecule has 134 valence electrons. The maximum Gasteiger partial charge on any atom is 0.261 e. The Morgan fingerprint density at radius 3 is 2.42 bits per heavy atom. The van der Waals surface area contributed by atoms with Gasteiger partial charge in [0, 0.05) is 5.56 Å². The normalized spacial score (nSPS) is 15.5. The first-order chi connectivity index (χ1) is 12.4. The number of allylic oxidation sites excluding steroid dienone is 1. The summed E-state index contributed by atoms with van der Waals surface area (Å²) in [6, 6.07) is 16.0. The second-order valence-corrected chi connectivity index (χ2v) is 6.81. The van der Waals surface area contributed by atoms with Crippen LogP contribution in [0.25, 0.3) is 11.6 Å². The van der Waals surface area contributed by atoms with E-state index in [1.807, 2.05) is 50.3 Å². The van der Waals surface area contributed by atoms with Gasteiger partial charge in [-0.25, -0.2) is 4.39 Å². The molecule has 1 aliphatic heterocycles. The number of nitrogens with zero attached hydrogens (tertiary/aromatic N) is 1. The lowest BCUT2D eigenvalue weighted by Crippen LogP contribution is -2.50. The molecule has 0 aromatic heterocycles. The molecule has 0 spiro atoms. The van der Waals surface area contributed by atoms with Crippen LogP contribution in [0, 0.1) is 5.82 Å². The van der Waals surface area contributed by atoms with E-state index >= 15 is 0 Å². The van der Waals surface area contributed by atoms with E-state index in [4.69, 9.17) is 4.74 Å². The summed E-state index contributed by atoms with van der Waals surface area (Å²) < 4.78 is 19.6. The molecule has 26 heavy (non-hydrogen) atoms. The fourth-order valence-electron chi connectivity index (χ4n) is 2.93. The zero-order chi connectivity index (χ0) is 18.7. The standard InChI is InChI=1S/C22H22FNO2/c1-16-20(18-10-5-4-6-11-18)21(25)24(15-26-16)22(2,3)14-13-17-9-7-8-12-19(17)23/h4-14H,15H2,1-3H3. The van der Waals surface area contributed by atoms with Gasteiger partial charge in [-0.3, -0.25) is 9.69 Å². The lowest BCUT2D eigenvalue weighted by Gasteiger charge is -2.39. The Hall–Kier alpha value is -2.88. The first-order valence-electron chi connectivity index (χ1n) is 8.55. The molecule has 0 aliphatic carbocycles. The predicted octanol–water partition coefficient (Wildman–Crippen LogP) is 4.87. The molecule has 0 saturated heterocycles. The third kappa shape index (κ3) is 3.54. The number of hydrogen-bond acceptors (Lipinski definition) is 2. The summed E-state index contributed by atoms with van der Waals surface area (Å²) in [5.74, 6) is 0.232. The number of ether oxygens (including phenoxy) is 1. The molecule has 0 fully saturated rings. The quantitative estimate of drug-likeness (QED) is 0.787. The van der Waals surface area contributed by atoms with Crippen LogP contribution in [0.3, 0.4) is 0 Å². The number of rotatable bonds is 4. The van der Waals surface area contributed by atoms with Crippen molar-refractivity contribution < 1.29 is 13.9 Å². The number of halogens is 1. The van der Waals surface area contributed by atoms with Crippen molar-refractivity contribution in [3.05, 3.63) is 83.4 Å². The average molecular weight is 351 g/mol. The van der Waals surface area contributed by atoms with Gasteiger partial charge in [-0.2, -0.15) is 0 Å². The van der Waals surface area contributed by atoms with Crippen LogP contribution < -0.4 is 0 Å². The van der Waals surface area contributed by atoms with Crippen molar-refractivity contribution in [3.8, 4) is 0 Å². The largest absolute Gasteiger partial charge is 0.477 e. The number of amides is 1. The van der Waals surface area contributed by atoms with E-state index in [0.717, 1.165) is 5.56 Å². The Kier molecular flexibility index (Phi) is 4.94. The molecule has 0 N–H and O–H groups in total. The number of carbonyl (C=O) groups excluding carboxylic acids is 1. The fourth-order valence-corrected chi connectivity index (χ4v) is 2.93. The van der Waals surface area contributed by atoms with Crippen LogP contribution in [0.4, 0.5) is 4.39 Å². The Morgan fingerprint density at radius 2 is 1.73 bits per heavy atom. The number of hydrogen-bond donors (Lipinski definition) is 0. The average Bonchev–Trinajstić information content (AvgIpc) is 2.62. The highest BCUT2D eigenvalue weighted by Crippen LogP contribution is 2.31. The SMILES string of the molecule is CC1=C(c2ccccc2)C(=O)N(C(C)(C)C=Cc2ccccc2F)CO1. The molecule has 0 atom stereocenters. The van der Waals surface area contributed by atoms with Crippen LogP contribution in [0.2, 0.25) is 0 Å².